The molecule has 31 heavy (non-hydrogen) atoms. The molecule has 8 nitrogen and oxygen atoms in total. The van der Waals surface area contributed by atoms with E-state index in [2.05, 4.69) is 15.4 Å². The lowest BCUT2D eigenvalue weighted by Gasteiger charge is -2.14. The fraction of sp³-hybridized carbons (Fsp3) is 0.182. The second kappa shape index (κ2) is 9.48. The maximum atomic E-state index is 12.6. The average molecular weight is 442 g/mol. The topological polar surface area (TPSA) is 118 Å². The van der Waals surface area contributed by atoms with Gasteiger partial charge in [-0.1, -0.05) is 18.2 Å². The van der Waals surface area contributed by atoms with Crippen molar-refractivity contribution in [3.05, 3.63) is 83.8 Å². The maximum absolute atomic E-state index is 12.6. The van der Waals surface area contributed by atoms with Crippen LogP contribution in [0.5, 0.6) is 0 Å². The Labute approximate surface area is 180 Å². The minimum atomic E-state index is -3.80. The predicted molar refractivity (Wildman–Crippen MR) is 116 cm³/mol. The first-order valence-corrected chi connectivity index (χ1v) is 11.0. The molecule has 162 valence electrons. The van der Waals surface area contributed by atoms with E-state index in [1.165, 1.54) is 30.5 Å². The van der Waals surface area contributed by atoms with E-state index in [4.69, 9.17) is 4.42 Å². The summed E-state index contributed by atoms with van der Waals surface area (Å²) in [4.78, 5) is 24.6. The summed E-state index contributed by atoms with van der Waals surface area (Å²) >= 11 is 0. The molecule has 0 bridgehead atoms. The summed E-state index contributed by atoms with van der Waals surface area (Å²) in [5.74, 6) is -0.259. The van der Waals surface area contributed by atoms with Crippen molar-refractivity contribution in [1.29, 1.82) is 0 Å². The van der Waals surface area contributed by atoms with Gasteiger partial charge in [-0.05, 0) is 61.9 Å². The van der Waals surface area contributed by atoms with Crippen LogP contribution in [-0.4, -0.2) is 26.3 Å². The van der Waals surface area contributed by atoms with E-state index in [0.717, 1.165) is 5.56 Å². The molecule has 0 aliphatic heterocycles. The Morgan fingerprint density at radius 3 is 2.35 bits per heavy atom. The van der Waals surface area contributed by atoms with Crippen molar-refractivity contribution in [1.82, 2.24) is 10.6 Å². The summed E-state index contributed by atoms with van der Waals surface area (Å²) < 4.78 is 32.9. The number of anilines is 1. The number of rotatable bonds is 8. The van der Waals surface area contributed by atoms with Gasteiger partial charge in [-0.2, -0.15) is 0 Å². The molecule has 0 spiro atoms. The molecule has 3 aromatic rings. The monoisotopic (exact) mass is 441 g/mol. The maximum Gasteiger partial charge on any atom is 0.261 e. The van der Waals surface area contributed by atoms with Gasteiger partial charge in [0, 0.05) is 5.56 Å². The Bertz CT molecular complexity index is 1160. The Kier molecular flexibility index (Phi) is 6.76. The molecule has 2 aromatic carbocycles. The quantitative estimate of drug-likeness (QED) is 0.497. The third-order valence-corrected chi connectivity index (χ3v) is 5.96. The third-order valence-electron chi connectivity index (χ3n) is 4.57. The van der Waals surface area contributed by atoms with Gasteiger partial charge in [0.05, 0.1) is 23.4 Å². The van der Waals surface area contributed by atoms with Gasteiger partial charge in [-0.15, -0.1) is 0 Å². The molecule has 0 aliphatic rings. The van der Waals surface area contributed by atoms with Gasteiger partial charge in [-0.25, -0.2) is 8.42 Å². The van der Waals surface area contributed by atoms with Crippen LogP contribution in [0.15, 0.2) is 76.2 Å². The zero-order chi connectivity index (χ0) is 22.4. The van der Waals surface area contributed by atoms with Crippen molar-refractivity contribution >= 4 is 27.5 Å². The normalized spacial score (nSPS) is 12.1. The zero-order valence-corrected chi connectivity index (χ0v) is 17.9. The van der Waals surface area contributed by atoms with Crippen LogP contribution < -0.4 is 15.4 Å². The summed E-state index contributed by atoms with van der Waals surface area (Å²) in [5, 5.41) is 5.25. The van der Waals surface area contributed by atoms with E-state index >= 15 is 0 Å². The van der Waals surface area contributed by atoms with Crippen LogP contribution in [0.1, 0.15) is 28.6 Å². The second-order valence-corrected chi connectivity index (χ2v) is 8.62. The number of amides is 2. The molecular formula is C22H23N3O5S. The van der Waals surface area contributed by atoms with Crippen LogP contribution in [0.3, 0.4) is 0 Å². The van der Waals surface area contributed by atoms with Crippen LogP contribution in [0.4, 0.5) is 5.69 Å². The Hall–Kier alpha value is -3.59. The number of carbonyl (C=O) groups is 2. The summed E-state index contributed by atoms with van der Waals surface area (Å²) in [5.41, 5.74) is 1.51. The molecule has 1 atom stereocenters. The number of furan rings is 1. The Morgan fingerprint density at radius 2 is 1.71 bits per heavy atom. The highest BCUT2D eigenvalue weighted by Crippen LogP contribution is 2.19. The Balaban J connectivity index is 1.60. The number of para-hydroxylation sites is 1. The van der Waals surface area contributed by atoms with E-state index < -0.39 is 22.0 Å². The number of carbonyl (C=O) groups excluding carboxylic acids is 2. The fourth-order valence-electron chi connectivity index (χ4n) is 2.76. The first-order valence-electron chi connectivity index (χ1n) is 9.56. The Morgan fingerprint density at radius 1 is 1.00 bits per heavy atom. The molecule has 0 aliphatic carbocycles. The standard InChI is InChI=1S/C22H23N3O5S/c1-15-6-3-4-8-20(15)25-31(28,29)19-11-9-17(10-12-19)22(27)24-16(2)21(26)23-14-18-7-5-13-30-18/h3-13,16,25H,14H2,1-2H3,(H,23,26)(H,24,27). The van der Waals surface area contributed by atoms with Crippen molar-refractivity contribution < 1.29 is 22.4 Å². The summed E-state index contributed by atoms with van der Waals surface area (Å²) in [6, 6.07) is 15.2. The zero-order valence-electron chi connectivity index (χ0n) is 17.1. The van der Waals surface area contributed by atoms with Gasteiger partial charge in [0.1, 0.15) is 11.8 Å². The van der Waals surface area contributed by atoms with E-state index in [9.17, 15) is 18.0 Å². The second-order valence-electron chi connectivity index (χ2n) is 6.94. The summed E-state index contributed by atoms with van der Waals surface area (Å²) in [6.07, 6.45) is 1.51. The van der Waals surface area contributed by atoms with E-state index in [1.807, 2.05) is 6.07 Å². The number of nitrogens with one attached hydrogen (secondary N) is 3. The highest BCUT2D eigenvalue weighted by molar-refractivity contribution is 7.92. The first-order chi connectivity index (χ1) is 14.8. The van der Waals surface area contributed by atoms with Crippen molar-refractivity contribution in [2.45, 2.75) is 31.3 Å². The van der Waals surface area contributed by atoms with Crippen LogP contribution in [0.2, 0.25) is 0 Å². The smallest absolute Gasteiger partial charge is 0.261 e. The van der Waals surface area contributed by atoms with E-state index in [-0.39, 0.29) is 22.9 Å². The fourth-order valence-corrected chi connectivity index (χ4v) is 3.89. The van der Waals surface area contributed by atoms with Gasteiger partial charge in [0.25, 0.3) is 15.9 Å². The van der Waals surface area contributed by atoms with Gasteiger partial charge < -0.3 is 15.1 Å². The molecule has 3 rings (SSSR count). The van der Waals surface area contributed by atoms with Crippen molar-refractivity contribution in [3.8, 4) is 0 Å². The molecule has 3 N–H and O–H groups in total. The number of aryl methyl sites for hydroxylation is 1. The lowest BCUT2D eigenvalue weighted by atomic mass is 10.2. The SMILES string of the molecule is Cc1ccccc1NS(=O)(=O)c1ccc(C(=O)NC(C)C(=O)NCc2ccco2)cc1. The van der Waals surface area contributed by atoms with E-state index in [1.54, 1.807) is 44.2 Å². The molecule has 1 unspecified atom stereocenters. The van der Waals surface area contributed by atoms with Crippen molar-refractivity contribution in [2.24, 2.45) is 0 Å². The number of benzene rings is 2. The van der Waals surface area contributed by atoms with Crippen LogP contribution >= 0.6 is 0 Å². The average Bonchev–Trinajstić information content (AvgIpc) is 3.27. The lowest BCUT2D eigenvalue weighted by Crippen LogP contribution is -2.44. The third kappa shape index (κ3) is 5.73. The molecule has 1 heterocycles. The van der Waals surface area contributed by atoms with Crippen LogP contribution in [-0.2, 0) is 21.4 Å². The molecule has 0 radical (unpaired) electrons. The van der Waals surface area contributed by atoms with Gasteiger partial charge >= 0.3 is 0 Å². The highest BCUT2D eigenvalue weighted by atomic mass is 32.2. The van der Waals surface area contributed by atoms with Gasteiger partial charge in [0.2, 0.25) is 5.91 Å². The molecule has 9 heteroatoms. The predicted octanol–water partition coefficient (Wildman–Crippen LogP) is 2.82. The number of hydrogen-bond acceptors (Lipinski definition) is 5. The van der Waals surface area contributed by atoms with Crippen LogP contribution in [0, 0.1) is 6.92 Å². The minimum absolute atomic E-state index is 0.0246. The molecule has 2 amide bonds. The highest BCUT2D eigenvalue weighted by Gasteiger charge is 2.19. The molecular weight excluding hydrogens is 418 g/mol. The van der Waals surface area contributed by atoms with Gasteiger partial charge in [0.15, 0.2) is 0 Å². The molecule has 0 saturated carbocycles. The van der Waals surface area contributed by atoms with Crippen molar-refractivity contribution in [2.75, 3.05) is 4.72 Å². The summed E-state index contributed by atoms with van der Waals surface area (Å²) in [7, 11) is -3.80. The first kappa shape index (κ1) is 22.1. The number of hydrogen-bond donors (Lipinski definition) is 3. The van der Waals surface area contributed by atoms with Crippen molar-refractivity contribution in [3.63, 3.8) is 0 Å². The number of sulfonamides is 1. The molecule has 0 saturated heterocycles. The van der Waals surface area contributed by atoms with E-state index in [0.29, 0.717) is 11.4 Å². The minimum Gasteiger partial charge on any atom is -0.467 e. The van der Waals surface area contributed by atoms with Crippen LogP contribution in [0.25, 0.3) is 0 Å². The lowest BCUT2D eigenvalue weighted by molar-refractivity contribution is -0.122. The largest absolute Gasteiger partial charge is 0.467 e. The molecule has 1 aromatic heterocycles. The van der Waals surface area contributed by atoms with Gasteiger partial charge in [-0.3, -0.25) is 14.3 Å². The summed E-state index contributed by atoms with van der Waals surface area (Å²) in [6.45, 7) is 3.57. The molecule has 0 fully saturated rings.